The summed E-state index contributed by atoms with van der Waals surface area (Å²) in [5, 5.41) is 5.29. The summed E-state index contributed by atoms with van der Waals surface area (Å²) in [6.07, 6.45) is 10.4. The Morgan fingerprint density at radius 2 is 1.95 bits per heavy atom. The summed E-state index contributed by atoms with van der Waals surface area (Å²) in [6.45, 7) is 0.729. The number of ether oxygens (including phenoxy) is 2. The van der Waals surface area contributed by atoms with Crippen LogP contribution in [0.15, 0.2) is 42.5 Å². The number of carbonyl (C=O) groups excluding carboxylic acids is 3. The van der Waals surface area contributed by atoms with Crippen LogP contribution in [0.25, 0.3) is 0 Å². The molecule has 2 aromatic carbocycles. The number of anilines is 3. The number of carbonyl (C=O) groups is 3. The van der Waals surface area contributed by atoms with Crippen LogP contribution in [0.3, 0.4) is 0 Å². The van der Waals surface area contributed by atoms with E-state index < -0.39 is 29.9 Å². The van der Waals surface area contributed by atoms with E-state index in [0.717, 1.165) is 0 Å². The minimum absolute atomic E-state index is 0.0262. The zero-order valence-electron chi connectivity index (χ0n) is 19.9. The molecule has 2 N–H and O–H groups in total. The van der Waals surface area contributed by atoms with Gasteiger partial charge in [-0.2, -0.15) is 0 Å². The summed E-state index contributed by atoms with van der Waals surface area (Å²) < 4.78 is 25.6. The zero-order chi connectivity index (χ0) is 26.4. The van der Waals surface area contributed by atoms with E-state index in [1.54, 1.807) is 30.3 Å². The van der Waals surface area contributed by atoms with Gasteiger partial charge in [0.05, 0.1) is 18.4 Å². The Morgan fingerprint density at radius 3 is 2.62 bits per heavy atom. The molecular weight excluding hydrogens is 479 g/mol. The van der Waals surface area contributed by atoms with Crippen molar-refractivity contribution in [3.63, 3.8) is 0 Å². The minimum Gasteiger partial charge on any atom is -0.370 e. The van der Waals surface area contributed by atoms with Crippen LogP contribution >= 0.6 is 0 Å². The number of hydrogen-bond acceptors (Lipinski definition) is 5. The van der Waals surface area contributed by atoms with Crippen LogP contribution in [0.1, 0.15) is 12.0 Å². The largest absolute Gasteiger partial charge is 0.370 e. The third kappa shape index (κ3) is 6.07. The summed E-state index contributed by atoms with van der Waals surface area (Å²) in [6, 6.07) is 9.30. The molecule has 2 atom stereocenters. The third-order valence-electron chi connectivity index (χ3n) is 6.04. The van der Waals surface area contributed by atoms with Crippen molar-refractivity contribution in [1.29, 1.82) is 0 Å². The Balaban J connectivity index is 1.48. The first-order chi connectivity index (χ1) is 17.9. The molecule has 0 saturated carbocycles. The van der Waals surface area contributed by atoms with E-state index in [1.807, 2.05) is 0 Å². The van der Waals surface area contributed by atoms with Gasteiger partial charge in [0.15, 0.2) is 0 Å². The first-order valence-corrected chi connectivity index (χ1v) is 11.6. The average Bonchev–Trinajstić information content (AvgIpc) is 3.34. The fourth-order valence-corrected chi connectivity index (χ4v) is 4.18. The number of urea groups is 1. The highest BCUT2D eigenvalue weighted by atomic mass is 19.1. The highest BCUT2D eigenvalue weighted by Crippen LogP contribution is 2.26. The lowest BCUT2D eigenvalue weighted by molar-refractivity contribution is -0.125. The Kier molecular flexibility index (Phi) is 8.04. The molecule has 0 aromatic heterocycles. The number of terminal acetylenes is 2. The summed E-state index contributed by atoms with van der Waals surface area (Å²) in [4.78, 5) is 41.0. The van der Waals surface area contributed by atoms with Crippen molar-refractivity contribution in [2.45, 2.75) is 18.6 Å². The van der Waals surface area contributed by atoms with Crippen molar-refractivity contribution in [3.05, 3.63) is 53.8 Å². The van der Waals surface area contributed by atoms with Gasteiger partial charge in [0, 0.05) is 36.4 Å². The number of hydrogen-bond donors (Lipinski definition) is 2. The van der Waals surface area contributed by atoms with Crippen LogP contribution in [0, 0.1) is 30.5 Å². The number of halogens is 1. The highest BCUT2D eigenvalue weighted by molar-refractivity contribution is 6.00. The molecule has 0 unspecified atom stereocenters. The smallest absolute Gasteiger partial charge is 0.322 e. The first kappa shape index (κ1) is 25.7. The van der Waals surface area contributed by atoms with Gasteiger partial charge in [0.25, 0.3) is 5.91 Å². The lowest BCUT2D eigenvalue weighted by atomic mass is 10.1. The second-order valence-corrected chi connectivity index (χ2v) is 8.44. The second-order valence-electron chi connectivity index (χ2n) is 8.44. The van der Waals surface area contributed by atoms with Gasteiger partial charge in [-0.15, -0.1) is 12.8 Å². The molecule has 4 rings (SSSR count). The number of nitrogens with zero attached hydrogens (tertiary/aromatic N) is 2. The maximum Gasteiger partial charge on any atom is 0.322 e. The van der Waals surface area contributed by atoms with E-state index in [9.17, 15) is 18.8 Å². The number of amides is 4. The summed E-state index contributed by atoms with van der Waals surface area (Å²) in [5.74, 6) is 3.29. The third-order valence-corrected chi connectivity index (χ3v) is 6.04. The molecule has 2 heterocycles. The van der Waals surface area contributed by atoms with E-state index >= 15 is 0 Å². The van der Waals surface area contributed by atoms with Gasteiger partial charge in [0.1, 0.15) is 25.1 Å². The van der Waals surface area contributed by atoms with E-state index in [2.05, 4.69) is 22.5 Å². The number of rotatable bonds is 6. The Labute approximate surface area is 213 Å². The fraction of sp³-hybridized carbons (Fsp3) is 0.296. The molecule has 37 heavy (non-hydrogen) atoms. The van der Waals surface area contributed by atoms with Gasteiger partial charge in [-0.1, -0.05) is 11.8 Å². The number of morpholine rings is 1. The normalized spacial score (nSPS) is 19.2. The molecule has 2 aliphatic rings. The highest BCUT2D eigenvalue weighted by Gasteiger charge is 2.40. The van der Waals surface area contributed by atoms with E-state index in [4.69, 9.17) is 22.3 Å². The molecule has 9 nitrogen and oxygen atoms in total. The number of likely N-dealkylation sites (tertiary alicyclic amines) is 1. The summed E-state index contributed by atoms with van der Waals surface area (Å²) in [7, 11) is 0. The molecule has 2 fully saturated rings. The molecule has 190 valence electrons. The molecule has 0 bridgehead atoms. The maximum atomic E-state index is 14.9. The van der Waals surface area contributed by atoms with E-state index in [0.29, 0.717) is 30.1 Å². The molecular formula is C27H25FN4O5. The van der Waals surface area contributed by atoms with Gasteiger partial charge >= 0.3 is 6.03 Å². The molecule has 2 aliphatic heterocycles. The summed E-state index contributed by atoms with van der Waals surface area (Å²) >= 11 is 0. The molecule has 0 radical (unpaired) electrons. The Hall–Kier alpha value is -4.38. The maximum absolute atomic E-state index is 14.9. The molecule has 0 aliphatic carbocycles. The Bertz CT molecular complexity index is 1270. The van der Waals surface area contributed by atoms with Crippen LogP contribution in [0.2, 0.25) is 0 Å². The molecule has 10 heteroatoms. The van der Waals surface area contributed by atoms with Crippen molar-refractivity contribution in [2.24, 2.45) is 0 Å². The van der Waals surface area contributed by atoms with Crippen LogP contribution in [-0.4, -0.2) is 67.8 Å². The van der Waals surface area contributed by atoms with Crippen molar-refractivity contribution in [2.75, 3.05) is 48.4 Å². The zero-order valence-corrected chi connectivity index (χ0v) is 19.9. The van der Waals surface area contributed by atoms with Crippen molar-refractivity contribution in [1.82, 2.24) is 4.90 Å². The first-order valence-electron chi connectivity index (χ1n) is 11.6. The van der Waals surface area contributed by atoms with Gasteiger partial charge in [-0.3, -0.25) is 9.59 Å². The number of nitrogens with one attached hydrogen (secondary N) is 2. The van der Waals surface area contributed by atoms with Gasteiger partial charge < -0.3 is 29.9 Å². The SMILES string of the molecule is C#CCO[C@@H]1C[C@H](C(=O)Nc2ccc(N3CCOCC3=O)cc2F)N(C(=O)Nc2ccc(C#C)cc2)C1. The quantitative estimate of drug-likeness (QED) is 0.589. The van der Waals surface area contributed by atoms with Crippen LogP contribution in [0.5, 0.6) is 0 Å². The molecule has 4 amide bonds. The van der Waals surface area contributed by atoms with Gasteiger partial charge in [-0.25, -0.2) is 9.18 Å². The van der Waals surface area contributed by atoms with Gasteiger partial charge in [-0.05, 0) is 42.5 Å². The monoisotopic (exact) mass is 504 g/mol. The van der Waals surface area contributed by atoms with Crippen LogP contribution in [0.4, 0.5) is 26.2 Å². The van der Waals surface area contributed by atoms with Gasteiger partial charge in [0.2, 0.25) is 5.91 Å². The Morgan fingerprint density at radius 1 is 1.16 bits per heavy atom. The van der Waals surface area contributed by atoms with Crippen molar-refractivity contribution < 1.29 is 28.2 Å². The van der Waals surface area contributed by atoms with Crippen LogP contribution < -0.4 is 15.5 Å². The fourth-order valence-electron chi connectivity index (χ4n) is 4.18. The van der Waals surface area contributed by atoms with Crippen molar-refractivity contribution >= 4 is 34.9 Å². The predicted molar refractivity (Wildman–Crippen MR) is 135 cm³/mol. The lowest BCUT2D eigenvalue weighted by Crippen LogP contribution is -2.45. The predicted octanol–water partition coefficient (Wildman–Crippen LogP) is 2.43. The second kappa shape index (κ2) is 11.6. The molecule has 2 saturated heterocycles. The van der Waals surface area contributed by atoms with E-state index in [1.165, 1.54) is 21.9 Å². The van der Waals surface area contributed by atoms with Crippen LogP contribution in [-0.2, 0) is 19.1 Å². The molecule has 2 aromatic rings. The summed E-state index contributed by atoms with van der Waals surface area (Å²) in [5.41, 5.74) is 1.44. The lowest BCUT2D eigenvalue weighted by Gasteiger charge is -2.27. The topological polar surface area (TPSA) is 100 Å². The number of benzene rings is 2. The standard InChI is InChI=1S/C27H25FN4O5/c1-3-12-37-21-15-24(32(16-21)27(35)29-19-7-5-18(4-2)6-8-19)26(34)30-23-10-9-20(14-22(23)28)31-11-13-36-17-25(31)33/h1-2,5-10,14,21,24H,11-13,15-17H2,(H,29,35)(H,30,34)/t21-,24-/m1/s1. The average molecular weight is 505 g/mol. The van der Waals surface area contributed by atoms with Crippen molar-refractivity contribution in [3.8, 4) is 24.7 Å². The minimum atomic E-state index is -0.937. The van der Waals surface area contributed by atoms with E-state index in [-0.39, 0.29) is 37.8 Å². The molecule has 0 spiro atoms.